The fourth-order valence-corrected chi connectivity index (χ4v) is 4.68. The molecule has 0 saturated carbocycles. The van der Waals surface area contributed by atoms with Gasteiger partial charge in [0.15, 0.2) is 5.82 Å². The van der Waals surface area contributed by atoms with Crippen LogP contribution in [0.5, 0.6) is 5.88 Å². The van der Waals surface area contributed by atoms with E-state index in [0.717, 1.165) is 18.6 Å². The smallest absolute Gasteiger partial charge is 0.404 e. The molecule has 0 saturated heterocycles. The second kappa shape index (κ2) is 9.37. The van der Waals surface area contributed by atoms with Crippen LogP contribution in [0.3, 0.4) is 0 Å². The van der Waals surface area contributed by atoms with E-state index in [1.807, 2.05) is 0 Å². The van der Waals surface area contributed by atoms with E-state index in [0.29, 0.717) is 3.97 Å². The molecule has 12 heteroatoms. The maximum atomic E-state index is 15.7. The van der Waals surface area contributed by atoms with Gasteiger partial charge in [-0.15, -0.1) is 0 Å². The van der Waals surface area contributed by atoms with E-state index in [4.69, 9.17) is 4.74 Å². The highest BCUT2D eigenvalue weighted by Gasteiger charge is 2.33. The third-order valence-corrected chi connectivity index (χ3v) is 6.88. The number of nitrogens with one attached hydrogen (secondary N) is 1. The molecule has 0 spiro atoms. The Bertz CT molecular complexity index is 1300. The summed E-state index contributed by atoms with van der Waals surface area (Å²) in [6.45, 7) is 5.26. The average Bonchev–Trinajstić information content (AvgIpc) is 3.09. The average molecular weight is 495 g/mol. The molecule has 1 atom stereocenters. The Labute approximate surface area is 195 Å². The number of nitrogens with zero attached hydrogens (tertiary/aromatic N) is 3. The van der Waals surface area contributed by atoms with E-state index in [1.165, 1.54) is 31.4 Å². The van der Waals surface area contributed by atoms with Crippen molar-refractivity contribution in [2.75, 3.05) is 7.11 Å². The van der Waals surface area contributed by atoms with Gasteiger partial charge in [-0.3, -0.25) is 0 Å². The monoisotopic (exact) mass is 494 g/mol. The van der Waals surface area contributed by atoms with Gasteiger partial charge in [-0.2, -0.15) is 4.39 Å². The minimum Gasteiger partial charge on any atom is -0.481 e. The normalized spacial score (nSPS) is 12.9. The predicted octanol–water partition coefficient (Wildman–Crippen LogP) is 3.69. The molecule has 9 nitrogen and oxygen atoms in total. The van der Waals surface area contributed by atoms with Crippen molar-refractivity contribution in [1.82, 2.24) is 19.3 Å². The van der Waals surface area contributed by atoms with Crippen LogP contribution >= 0.6 is 0 Å². The zero-order valence-corrected chi connectivity index (χ0v) is 19.7. The standard InChI is InChI=1S/C22H24F2N4O5S/c1-22(2,3)16(27-21(29)30)10-13-12-28(19(18(13)23)15-6-5-9-25-20(15)24)34(31,32)14-7-8-17(33-4)26-11-14/h5-9,11-12,16,27H,10H2,1-4H3,(H,29,30). The van der Waals surface area contributed by atoms with Gasteiger partial charge < -0.3 is 15.2 Å². The molecule has 1 amide bonds. The largest absolute Gasteiger partial charge is 0.481 e. The molecule has 3 heterocycles. The number of aromatic nitrogens is 3. The number of ether oxygens (including phenoxy) is 1. The van der Waals surface area contributed by atoms with E-state index >= 15 is 4.39 Å². The molecule has 182 valence electrons. The number of methoxy groups -OCH3 is 1. The lowest BCUT2D eigenvalue weighted by Crippen LogP contribution is -2.44. The fourth-order valence-electron chi connectivity index (χ4n) is 3.34. The first-order chi connectivity index (χ1) is 15.9. The van der Waals surface area contributed by atoms with Crippen LogP contribution < -0.4 is 10.1 Å². The molecule has 0 bridgehead atoms. The van der Waals surface area contributed by atoms with Crippen LogP contribution in [0.4, 0.5) is 13.6 Å². The van der Waals surface area contributed by atoms with Crippen LogP contribution in [0.2, 0.25) is 0 Å². The van der Waals surface area contributed by atoms with Gasteiger partial charge in [0.2, 0.25) is 11.8 Å². The SMILES string of the molecule is COc1ccc(S(=O)(=O)n2cc(CC(NC(=O)O)C(C)(C)C)c(F)c2-c2cccnc2F)cn1. The Hall–Kier alpha value is -3.54. The van der Waals surface area contributed by atoms with E-state index in [1.54, 1.807) is 20.8 Å². The minimum atomic E-state index is -4.43. The predicted molar refractivity (Wildman–Crippen MR) is 119 cm³/mol. The number of halogens is 2. The zero-order valence-electron chi connectivity index (χ0n) is 18.9. The summed E-state index contributed by atoms with van der Waals surface area (Å²) >= 11 is 0. The van der Waals surface area contributed by atoms with Crippen LogP contribution in [0.25, 0.3) is 11.3 Å². The van der Waals surface area contributed by atoms with Crippen molar-refractivity contribution in [2.45, 2.75) is 38.1 Å². The van der Waals surface area contributed by atoms with Gasteiger partial charge in [0, 0.05) is 30.1 Å². The number of carboxylic acid groups (broad SMARTS) is 1. The van der Waals surface area contributed by atoms with Gasteiger partial charge in [-0.25, -0.2) is 31.5 Å². The third kappa shape index (κ3) is 5.01. The number of hydrogen-bond acceptors (Lipinski definition) is 6. The molecule has 3 aromatic rings. The van der Waals surface area contributed by atoms with E-state index in [-0.39, 0.29) is 28.3 Å². The van der Waals surface area contributed by atoms with Crippen LogP contribution in [-0.2, 0) is 16.4 Å². The molecule has 1 unspecified atom stereocenters. The quantitative estimate of drug-likeness (QED) is 0.480. The zero-order chi connectivity index (χ0) is 25.3. The Morgan fingerprint density at radius 1 is 1.24 bits per heavy atom. The molecule has 0 aliphatic heterocycles. The Morgan fingerprint density at radius 3 is 2.47 bits per heavy atom. The lowest BCUT2D eigenvalue weighted by molar-refractivity contribution is 0.174. The molecule has 0 aliphatic rings. The molecule has 34 heavy (non-hydrogen) atoms. The number of carbonyl (C=O) groups is 1. The van der Waals surface area contributed by atoms with Crippen LogP contribution in [0, 0.1) is 17.2 Å². The lowest BCUT2D eigenvalue weighted by atomic mass is 9.83. The van der Waals surface area contributed by atoms with Crippen molar-refractivity contribution < 1.29 is 31.8 Å². The summed E-state index contributed by atoms with van der Waals surface area (Å²) in [4.78, 5) is 18.4. The van der Waals surface area contributed by atoms with Gasteiger partial charge in [-0.05, 0) is 30.0 Å². The number of pyridine rings is 2. The fraction of sp³-hybridized carbons (Fsp3) is 0.318. The minimum absolute atomic E-state index is 0.114. The molecular weight excluding hydrogens is 470 g/mol. The number of hydrogen-bond donors (Lipinski definition) is 2. The van der Waals surface area contributed by atoms with Gasteiger partial charge in [0.25, 0.3) is 10.0 Å². The molecule has 0 aliphatic carbocycles. The summed E-state index contributed by atoms with van der Waals surface area (Å²) in [6.07, 6.45) is 1.73. The first-order valence-corrected chi connectivity index (χ1v) is 11.6. The molecule has 3 rings (SSSR count). The van der Waals surface area contributed by atoms with Gasteiger partial charge in [-0.1, -0.05) is 20.8 Å². The van der Waals surface area contributed by atoms with Crippen molar-refractivity contribution in [1.29, 1.82) is 0 Å². The summed E-state index contributed by atoms with van der Waals surface area (Å²) in [5.74, 6) is -1.89. The molecule has 0 radical (unpaired) electrons. The van der Waals surface area contributed by atoms with Crippen molar-refractivity contribution in [2.24, 2.45) is 5.41 Å². The summed E-state index contributed by atoms with van der Waals surface area (Å²) in [6, 6.07) is 4.34. The van der Waals surface area contributed by atoms with Crippen molar-refractivity contribution in [3.05, 3.63) is 60.2 Å². The maximum absolute atomic E-state index is 15.7. The first kappa shape index (κ1) is 25.1. The summed E-state index contributed by atoms with van der Waals surface area (Å²) < 4.78 is 62.7. The summed E-state index contributed by atoms with van der Waals surface area (Å²) in [7, 11) is -3.06. The van der Waals surface area contributed by atoms with Crippen molar-refractivity contribution in [3.63, 3.8) is 0 Å². The van der Waals surface area contributed by atoms with E-state index in [9.17, 15) is 22.7 Å². The molecular formula is C22H24F2N4O5S. The highest BCUT2D eigenvalue weighted by Crippen LogP contribution is 2.34. The molecule has 2 N–H and O–H groups in total. The van der Waals surface area contributed by atoms with Crippen LogP contribution in [0.1, 0.15) is 26.3 Å². The van der Waals surface area contributed by atoms with E-state index in [2.05, 4.69) is 15.3 Å². The number of rotatable bonds is 7. The Morgan fingerprint density at radius 2 is 1.94 bits per heavy atom. The number of amides is 1. The van der Waals surface area contributed by atoms with Gasteiger partial charge in [0.1, 0.15) is 10.6 Å². The Kier molecular flexibility index (Phi) is 6.92. The third-order valence-electron chi connectivity index (χ3n) is 5.24. The second-order valence-electron chi connectivity index (χ2n) is 8.57. The van der Waals surface area contributed by atoms with Gasteiger partial charge >= 0.3 is 6.09 Å². The highest BCUT2D eigenvalue weighted by atomic mass is 32.2. The second-order valence-corrected chi connectivity index (χ2v) is 10.4. The van der Waals surface area contributed by atoms with Crippen molar-refractivity contribution in [3.8, 4) is 17.1 Å². The first-order valence-electron chi connectivity index (χ1n) is 10.1. The van der Waals surface area contributed by atoms with E-state index < -0.39 is 45.0 Å². The van der Waals surface area contributed by atoms with Crippen molar-refractivity contribution >= 4 is 16.1 Å². The molecule has 0 fully saturated rings. The highest BCUT2D eigenvalue weighted by molar-refractivity contribution is 7.90. The molecule has 3 aromatic heterocycles. The van der Waals surface area contributed by atoms with Crippen LogP contribution in [0.15, 0.2) is 47.8 Å². The van der Waals surface area contributed by atoms with Gasteiger partial charge in [0.05, 0.1) is 18.9 Å². The maximum Gasteiger partial charge on any atom is 0.404 e. The lowest BCUT2D eigenvalue weighted by Gasteiger charge is -2.30. The molecule has 0 aromatic carbocycles. The summed E-state index contributed by atoms with van der Waals surface area (Å²) in [5.41, 5.74) is -1.67. The van der Waals surface area contributed by atoms with Crippen LogP contribution in [-0.4, -0.2) is 46.7 Å². The topological polar surface area (TPSA) is 123 Å². The summed E-state index contributed by atoms with van der Waals surface area (Å²) in [5, 5.41) is 11.5. The Balaban J connectivity index is 2.22.